The number of halogens is 1. The summed E-state index contributed by atoms with van der Waals surface area (Å²) in [5.41, 5.74) is 1.90. The van der Waals surface area contributed by atoms with Crippen molar-refractivity contribution in [2.45, 2.75) is 18.3 Å². The lowest BCUT2D eigenvalue weighted by atomic mass is 10.0. The molecule has 1 aromatic rings. The molecule has 0 radical (unpaired) electrons. The Bertz CT molecular complexity index is 241. The Hall–Kier alpha value is -0.370. The Labute approximate surface area is 75.0 Å². The average Bonchev–Trinajstić information content (AvgIpc) is 2.86. The third-order valence-electron chi connectivity index (χ3n) is 2.40. The van der Waals surface area contributed by atoms with Crippen LogP contribution in [0, 0.1) is 0 Å². The van der Waals surface area contributed by atoms with Crippen LogP contribution in [0.3, 0.4) is 0 Å². The predicted octanol–water partition coefficient (Wildman–Crippen LogP) is 2.51. The summed E-state index contributed by atoms with van der Waals surface area (Å²) in [6, 6.07) is 4.24. The summed E-state index contributed by atoms with van der Waals surface area (Å²) in [6.07, 6.45) is 6.39. The SMILES string of the molecule is BrCC1(c2ccncc2)CC1. The average molecular weight is 212 g/mol. The Morgan fingerprint density at radius 2 is 2.00 bits per heavy atom. The van der Waals surface area contributed by atoms with Gasteiger partial charge >= 0.3 is 0 Å². The molecule has 2 rings (SSSR count). The number of hydrogen-bond acceptors (Lipinski definition) is 1. The van der Waals surface area contributed by atoms with Crippen LogP contribution in [0.25, 0.3) is 0 Å². The first kappa shape index (κ1) is 7.29. The van der Waals surface area contributed by atoms with Crippen LogP contribution >= 0.6 is 15.9 Å². The van der Waals surface area contributed by atoms with Crippen LogP contribution in [0.4, 0.5) is 0 Å². The molecule has 1 aliphatic carbocycles. The summed E-state index contributed by atoms with van der Waals surface area (Å²) >= 11 is 3.55. The van der Waals surface area contributed by atoms with Gasteiger partial charge in [-0.15, -0.1) is 0 Å². The van der Waals surface area contributed by atoms with Gasteiger partial charge in [0.2, 0.25) is 0 Å². The minimum Gasteiger partial charge on any atom is -0.265 e. The van der Waals surface area contributed by atoms with E-state index in [1.807, 2.05) is 12.4 Å². The van der Waals surface area contributed by atoms with Crippen molar-refractivity contribution in [3.63, 3.8) is 0 Å². The lowest BCUT2D eigenvalue weighted by molar-refractivity contribution is 0.806. The van der Waals surface area contributed by atoms with Crippen molar-refractivity contribution in [1.29, 1.82) is 0 Å². The van der Waals surface area contributed by atoms with E-state index in [1.54, 1.807) is 0 Å². The molecule has 1 aliphatic rings. The van der Waals surface area contributed by atoms with Gasteiger partial charge in [0, 0.05) is 23.1 Å². The van der Waals surface area contributed by atoms with Crippen LogP contribution < -0.4 is 0 Å². The van der Waals surface area contributed by atoms with Gasteiger partial charge in [-0.05, 0) is 30.5 Å². The van der Waals surface area contributed by atoms with Crippen molar-refractivity contribution in [3.8, 4) is 0 Å². The van der Waals surface area contributed by atoms with Crippen LogP contribution in [0.2, 0.25) is 0 Å². The van der Waals surface area contributed by atoms with Crippen LogP contribution in [0.15, 0.2) is 24.5 Å². The summed E-state index contributed by atoms with van der Waals surface area (Å²) in [7, 11) is 0. The molecule has 0 unspecified atom stereocenters. The summed E-state index contributed by atoms with van der Waals surface area (Å²) in [5.74, 6) is 0. The van der Waals surface area contributed by atoms with Gasteiger partial charge in [-0.3, -0.25) is 4.98 Å². The van der Waals surface area contributed by atoms with Gasteiger partial charge in [0.1, 0.15) is 0 Å². The van der Waals surface area contributed by atoms with Crippen LogP contribution in [0.1, 0.15) is 18.4 Å². The van der Waals surface area contributed by atoms with Gasteiger partial charge in [-0.1, -0.05) is 15.9 Å². The number of alkyl halides is 1. The van der Waals surface area contributed by atoms with E-state index in [0.717, 1.165) is 5.33 Å². The largest absolute Gasteiger partial charge is 0.265 e. The first-order valence-corrected chi connectivity index (χ1v) is 4.96. The van der Waals surface area contributed by atoms with Crippen molar-refractivity contribution < 1.29 is 0 Å². The molecule has 11 heavy (non-hydrogen) atoms. The zero-order valence-electron chi connectivity index (χ0n) is 6.26. The van der Waals surface area contributed by atoms with Crippen LogP contribution in [0.5, 0.6) is 0 Å². The molecule has 0 aromatic carbocycles. The highest BCUT2D eigenvalue weighted by Crippen LogP contribution is 2.49. The molecular formula is C9H10BrN. The molecule has 1 aromatic heterocycles. The van der Waals surface area contributed by atoms with E-state index in [2.05, 4.69) is 33.0 Å². The Kier molecular flexibility index (Phi) is 1.72. The second-order valence-corrected chi connectivity index (χ2v) is 3.71. The fraction of sp³-hybridized carbons (Fsp3) is 0.444. The molecule has 1 nitrogen and oxygen atoms in total. The van der Waals surface area contributed by atoms with E-state index in [0.29, 0.717) is 5.41 Å². The second-order valence-electron chi connectivity index (χ2n) is 3.15. The number of rotatable bonds is 2. The highest BCUT2D eigenvalue weighted by atomic mass is 79.9. The first-order valence-electron chi connectivity index (χ1n) is 3.84. The summed E-state index contributed by atoms with van der Waals surface area (Å²) in [5, 5.41) is 1.09. The van der Waals surface area contributed by atoms with Crippen molar-refractivity contribution >= 4 is 15.9 Å². The van der Waals surface area contributed by atoms with E-state index >= 15 is 0 Å². The number of pyridine rings is 1. The van der Waals surface area contributed by atoms with Gasteiger partial charge in [-0.25, -0.2) is 0 Å². The van der Waals surface area contributed by atoms with E-state index in [9.17, 15) is 0 Å². The molecule has 2 heteroatoms. The van der Waals surface area contributed by atoms with Crippen molar-refractivity contribution in [3.05, 3.63) is 30.1 Å². The maximum Gasteiger partial charge on any atom is 0.0270 e. The summed E-state index contributed by atoms with van der Waals surface area (Å²) in [6.45, 7) is 0. The lowest BCUT2D eigenvalue weighted by Crippen LogP contribution is -2.07. The minimum atomic E-state index is 0.461. The fourth-order valence-electron chi connectivity index (χ4n) is 1.36. The highest BCUT2D eigenvalue weighted by Gasteiger charge is 2.42. The molecule has 0 spiro atoms. The molecular weight excluding hydrogens is 202 g/mol. The van der Waals surface area contributed by atoms with Gasteiger partial charge in [0.05, 0.1) is 0 Å². The third-order valence-corrected chi connectivity index (χ3v) is 3.48. The number of nitrogens with zero attached hydrogens (tertiary/aromatic N) is 1. The zero-order chi connectivity index (χ0) is 7.73. The summed E-state index contributed by atoms with van der Waals surface area (Å²) in [4.78, 5) is 4.01. The Morgan fingerprint density at radius 1 is 1.36 bits per heavy atom. The summed E-state index contributed by atoms with van der Waals surface area (Å²) < 4.78 is 0. The number of aromatic nitrogens is 1. The maximum atomic E-state index is 4.01. The molecule has 0 bridgehead atoms. The first-order chi connectivity index (χ1) is 5.37. The minimum absolute atomic E-state index is 0.461. The van der Waals surface area contributed by atoms with E-state index in [1.165, 1.54) is 18.4 Å². The zero-order valence-corrected chi connectivity index (χ0v) is 7.84. The van der Waals surface area contributed by atoms with Crippen molar-refractivity contribution in [2.75, 3.05) is 5.33 Å². The topological polar surface area (TPSA) is 12.9 Å². The smallest absolute Gasteiger partial charge is 0.0270 e. The molecule has 0 saturated heterocycles. The Morgan fingerprint density at radius 3 is 2.45 bits per heavy atom. The number of hydrogen-bond donors (Lipinski definition) is 0. The highest BCUT2D eigenvalue weighted by molar-refractivity contribution is 9.09. The molecule has 0 atom stereocenters. The van der Waals surface area contributed by atoms with Crippen molar-refractivity contribution in [2.24, 2.45) is 0 Å². The second kappa shape index (κ2) is 2.59. The van der Waals surface area contributed by atoms with E-state index in [-0.39, 0.29) is 0 Å². The molecule has 0 N–H and O–H groups in total. The van der Waals surface area contributed by atoms with Gasteiger partial charge in [0.25, 0.3) is 0 Å². The standard InChI is InChI=1S/C9H10BrN/c10-7-9(3-4-9)8-1-5-11-6-2-8/h1-2,5-6H,3-4,7H2. The van der Waals surface area contributed by atoms with Gasteiger partial charge in [-0.2, -0.15) is 0 Å². The lowest BCUT2D eigenvalue weighted by Gasteiger charge is -2.09. The van der Waals surface area contributed by atoms with Crippen LogP contribution in [-0.4, -0.2) is 10.3 Å². The van der Waals surface area contributed by atoms with E-state index in [4.69, 9.17) is 0 Å². The Balaban J connectivity index is 2.30. The molecule has 1 heterocycles. The van der Waals surface area contributed by atoms with Gasteiger partial charge < -0.3 is 0 Å². The van der Waals surface area contributed by atoms with Crippen molar-refractivity contribution in [1.82, 2.24) is 4.98 Å². The fourth-order valence-corrected chi connectivity index (χ4v) is 2.24. The molecule has 1 saturated carbocycles. The molecule has 0 amide bonds. The molecule has 58 valence electrons. The third kappa shape index (κ3) is 1.20. The van der Waals surface area contributed by atoms with E-state index < -0.39 is 0 Å². The normalized spacial score (nSPS) is 19.7. The quantitative estimate of drug-likeness (QED) is 0.686. The monoisotopic (exact) mass is 211 g/mol. The molecule has 0 aliphatic heterocycles. The van der Waals surface area contributed by atoms with Crippen LogP contribution in [-0.2, 0) is 5.41 Å². The van der Waals surface area contributed by atoms with Gasteiger partial charge in [0.15, 0.2) is 0 Å². The predicted molar refractivity (Wildman–Crippen MR) is 48.9 cm³/mol. The maximum absolute atomic E-state index is 4.01. The molecule has 1 fully saturated rings.